The van der Waals surface area contributed by atoms with Gasteiger partial charge in [-0.3, -0.25) is 9.48 Å². The number of hydrogen-bond acceptors (Lipinski definition) is 3. The summed E-state index contributed by atoms with van der Waals surface area (Å²) < 4.78 is 1.62. The van der Waals surface area contributed by atoms with E-state index in [1.807, 2.05) is 6.07 Å². The van der Waals surface area contributed by atoms with E-state index in [9.17, 15) is 4.79 Å². The van der Waals surface area contributed by atoms with E-state index in [1.165, 1.54) is 11.1 Å². The Hall–Kier alpha value is -2.30. The molecule has 4 N–H and O–H groups in total. The molecular weight excluding hydrogens is 228 g/mol. The van der Waals surface area contributed by atoms with Gasteiger partial charge in [0.1, 0.15) is 0 Å². The molecular formula is C13H16N4O. The molecule has 5 nitrogen and oxygen atoms in total. The highest BCUT2D eigenvalue weighted by Gasteiger charge is 2.11. The Morgan fingerprint density at radius 3 is 2.61 bits per heavy atom. The summed E-state index contributed by atoms with van der Waals surface area (Å²) in [7, 11) is 0. The molecule has 1 heterocycles. The lowest BCUT2D eigenvalue weighted by Crippen LogP contribution is -2.14. The van der Waals surface area contributed by atoms with Crippen molar-refractivity contribution in [3.05, 3.63) is 46.8 Å². The van der Waals surface area contributed by atoms with Crippen molar-refractivity contribution in [1.82, 2.24) is 9.78 Å². The summed E-state index contributed by atoms with van der Waals surface area (Å²) >= 11 is 0. The van der Waals surface area contributed by atoms with Crippen molar-refractivity contribution in [3.63, 3.8) is 0 Å². The molecule has 0 spiro atoms. The van der Waals surface area contributed by atoms with Crippen LogP contribution in [-0.2, 0) is 6.54 Å². The van der Waals surface area contributed by atoms with Gasteiger partial charge in [0.25, 0.3) is 5.91 Å². The minimum atomic E-state index is -0.605. The highest BCUT2D eigenvalue weighted by atomic mass is 16.1. The second kappa shape index (κ2) is 4.52. The van der Waals surface area contributed by atoms with Crippen LogP contribution in [0.15, 0.2) is 24.4 Å². The SMILES string of the molecule is Cc1ccc(Cn2cc(N)c(C(N)=O)n2)cc1C. The third kappa shape index (κ3) is 2.34. The average molecular weight is 244 g/mol. The zero-order chi connectivity index (χ0) is 13.3. The fourth-order valence-electron chi connectivity index (χ4n) is 1.80. The Balaban J connectivity index is 2.26. The minimum absolute atomic E-state index is 0.124. The van der Waals surface area contributed by atoms with Gasteiger partial charge in [0.15, 0.2) is 5.69 Å². The van der Waals surface area contributed by atoms with E-state index >= 15 is 0 Å². The summed E-state index contributed by atoms with van der Waals surface area (Å²) in [6.07, 6.45) is 1.62. The Labute approximate surface area is 105 Å². The summed E-state index contributed by atoms with van der Waals surface area (Å²) in [5.41, 5.74) is 14.9. The Kier molecular flexibility index (Phi) is 3.06. The molecule has 5 heteroatoms. The zero-order valence-electron chi connectivity index (χ0n) is 10.5. The molecule has 1 aromatic heterocycles. The number of nitrogens with zero attached hydrogens (tertiary/aromatic N) is 2. The maximum Gasteiger partial charge on any atom is 0.271 e. The van der Waals surface area contributed by atoms with Crippen LogP contribution >= 0.6 is 0 Å². The topological polar surface area (TPSA) is 86.9 Å². The van der Waals surface area contributed by atoms with Gasteiger partial charge < -0.3 is 11.5 Å². The lowest BCUT2D eigenvalue weighted by atomic mass is 10.1. The van der Waals surface area contributed by atoms with E-state index < -0.39 is 5.91 Å². The fraction of sp³-hybridized carbons (Fsp3) is 0.231. The second-order valence-corrected chi connectivity index (χ2v) is 4.41. The molecule has 2 rings (SSSR count). The molecule has 0 saturated heterocycles. The summed E-state index contributed by atoms with van der Waals surface area (Å²) in [6, 6.07) is 6.19. The van der Waals surface area contributed by atoms with Crippen LogP contribution in [0.25, 0.3) is 0 Å². The number of nitrogen functional groups attached to an aromatic ring is 1. The van der Waals surface area contributed by atoms with Crippen LogP contribution in [0, 0.1) is 13.8 Å². The molecule has 18 heavy (non-hydrogen) atoms. The number of carbonyl (C=O) groups is 1. The van der Waals surface area contributed by atoms with Crippen LogP contribution in [0.3, 0.4) is 0 Å². The molecule has 0 fully saturated rings. The highest BCUT2D eigenvalue weighted by Crippen LogP contribution is 2.13. The van der Waals surface area contributed by atoms with E-state index in [0.717, 1.165) is 5.56 Å². The third-order valence-electron chi connectivity index (χ3n) is 2.94. The van der Waals surface area contributed by atoms with Gasteiger partial charge in [-0.15, -0.1) is 0 Å². The summed E-state index contributed by atoms with van der Waals surface area (Å²) in [6.45, 7) is 4.69. The first kappa shape index (κ1) is 12.2. The fourth-order valence-corrected chi connectivity index (χ4v) is 1.80. The van der Waals surface area contributed by atoms with E-state index in [0.29, 0.717) is 12.2 Å². The molecule has 0 saturated carbocycles. The van der Waals surface area contributed by atoms with Gasteiger partial charge in [-0.1, -0.05) is 18.2 Å². The number of aryl methyl sites for hydroxylation is 2. The van der Waals surface area contributed by atoms with Crippen molar-refractivity contribution in [2.75, 3.05) is 5.73 Å². The van der Waals surface area contributed by atoms with Crippen molar-refractivity contribution in [2.24, 2.45) is 5.73 Å². The summed E-state index contributed by atoms with van der Waals surface area (Å²) in [5, 5.41) is 4.07. The number of nitrogens with two attached hydrogens (primary N) is 2. The van der Waals surface area contributed by atoms with Gasteiger partial charge in [0.2, 0.25) is 0 Å². The molecule has 2 aromatic rings. The first-order valence-corrected chi connectivity index (χ1v) is 5.66. The molecule has 0 radical (unpaired) electrons. The Bertz CT molecular complexity index is 601. The van der Waals surface area contributed by atoms with Crippen LogP contribution in [0.4, 0.5) is 5.69 Å². The van der Waals surface area contributed by atoms with Gasteiger partial charge in [-0.05, 0) is 30.5 Å². The number of benzene rings is 1. The van der Waals surface area contributed by atoms with Gasteiger partial charge in [-0.2, -0.15) is 5.10 Å². The molecule has 0 atom stereocenters. The van der Waals surface area contributed by atoms with Crippen molar-refractivity contribution >= 4 is 11.6 Å². The lowest BCUT2D eigenvalue weighted by molar-refractivity contribution is 0.0995. The Morgan fingerprint density at radius 1 is 1.33 bits per heavy atom. The summed E-state index contributed by atoms with van der Waals surface area (Å²) in [5.74, 6) is -0.605. The Morgan fingerprint density at radius 2 is 2.06 bits per heavy atom. The van der Waals surface area contributed by atoms with Crippen LogP contribution in [-0.4, -0.2) is 15.7 Å². The molecule has 1 aromatic carbocycles. The number of carbonyl (C=O) groups excluding carboxylic acids is 1. The third-order valence-corrected chi connectivity index (χ3v) is 2.94. The standard InChI is InChI=1S/C13H16N4O/c1-8-3-4-10(5-9(8)2)6-17-7-11(14)12(16-17)13(15)18/h3-5,7H,6,14H2,1-2H3,(H2,15,18). The predicted molar refractivity (Wildman–Crippen MR) is 70.2 cm³/mol. The van der Waals surface area contributed by atoms with Crippen LogP contribution in [0.2, 0.25) is 0 Å². The molecule has 0 aliphatic carbocycles. The maximum absolute atomic E-state index is 11.1. The van der Waals surface area contributed by atoms with Crippen molar-refractivity contribution in [2.45, 2.75) is 20.4 Å². The number of anilines is 1. The smallest absolute Gasteiger partial charge is 0.271 e. The predicted octanol–water partition coefficient (Wildman–Crippen LogP) is 1.23. The molecule has 94 valence electrons. The van der Waals surface area contributed by atoms with E-state index in [-0.39, 0.29) is 5.69 Å². The van der Waals surface area contributed by atoms with Crippen LogP contribution in [0.5, 0.6) is 0 Å². The molecule has 0 unspecified atom stereocenters. The van der Waals surface area contributed by atoms with E-state index in [4.69, 9.17) is 11.5 Å². The highest BCUT2D eigenvalue weighted by molar-refractivity contribution is 5.95. The number of aromatic nitrogens is 2. The van der Waals surface area contributed by atoms with Gasteiger partial charge >= 0.3 is 0 Å². The molecule has 0 aliphatic rings. The first-order chi connectivity index (χ1) is 8.47. The lowest BCUT2D eigenvalue weighted by Gasteiger charge is -2.05. The molecule has 0 bridgehead atoms. The number of hydrogen-bond donors (Lipinski definition) is 2. The van der Waals surface area contributed by atoms with Gasteiger partial charge in [0, 0.05) is 6.20 Å². The quantitative estimate of drug-likeness (QED) is 0.851. The van der Waals surface area contributed by atoms with E-state index in [1.54, 1.807) is 10.9 Å². The largest absolute Gasteiger partial charge is 0.396 e. The normalized spacial score (nSPS) is 10.6. The maximum atomic E-state index is 11.1. The van der Waals surface area contributed by atoms with Crippen molar-refractivity contribution in [1.29, 1.82) is 0 Å². The monoisotopic (exact) mass is 244 g/mol. The molecule has 1 amide bonds. The minimum Gasteiger partial charge on any atom is -0.396 e. The number of amides is 1. The average Bonchev–Trinajstić information content (AvgIpc) is 2.65. The van der Waals surface area contributed by atoms with Crippen molar-refractivity contribution < 1.29 is 4.79 Å². The van der Waals surface area contributed by atoms with Crippen LogP contribution in [0.1, 0.15) is 27.2 Å². The van der Waals surface area contributed by atoms with E-state index in [2.05, 4.69) is 31.1 Å². The zero-order valence-corrected chi connectivity index (χ0v) is 10.5. The van der Waals surface area contributed by atoms with Crippen LogP contribution < -0.4 is 11.5 Å². The number of rotatable bonds is 3. The first-order valence-electron chi connectivity index (χ1n) is 5.66. The number of primary amides is 1. The van der Waals surface area contributed by atoms with Gasteiger partial charge in [-0.25, -0.2) is 0 Å². The van der Waals surface area contributed by atoms with Crippen molar-refractivity contribution in [3.8, 4) is 0 Å². The van der Waals surface area contributed by atoms with Gasteiger partial charge in [0.05, 0.1) is 12.2 Å². The second-order valence-electron chi connectivity index (χ2n) is 4.41. The molecule has 0 aliphatic heterocycles. The summed E-state index contributed by atoms with van der Waals surface area (Å²) in [4.78, 5) is 11.1.